The van der Waals surface area contributed by atoms with Crippen molar-refractivity contribution in [2.24, 2.45) is 0 Å². The number of anilines is 2. The summed E-state index contributed by atoms with van der Waals surface area (Å²) < 4.78 is 0. The Morgan fingerprint density at radius 3 is 2.65 bits per heavy atom. The fraction of sp³-hybridized carbons (Fsp3) is 0.375. The van der Waals surface area contributed by atoms with Crippen LogP contribution in [0, 0.1) is 20.8 Å². The molecule has 1 N–H and O–H groups in total. The number of rotatable bonds is 2. The minimum Gasteiger partial charge on any atom is -0.340 e. The van der Waals surface area contributed by atoms with Gasteiger partial charge >= 0.3 is 0 Å². The van der Waals surface area contributed by atoms with Crippen LogP contribution in [0.2, 0.25) is 0 Å². The second kappa shape index (κ2) is 5.80. The summed E-state index contributed by atoms with van der Waals surface area (Å²) >= 11 is 0. The molecule has 0 saturated carbocycles. The number of benzene rings is 1. The van der Waals surface area contributed by atoms with E-state index in [0.717, 1.165) is 30.2 Å². The zero-order chi connectivity index (χ0) is 13.4. The molecule has 1 aromatic carbocycles. The lowest BCUT2D eigenvalue weighted by Gasteiger charge is -2.13. The first kappa shape index (κ1) is 14.8. The Bertz CT molecular complexity index is 638. The molecule has 0 fully saturated rings. The zero-order valence-electron chi connectivity index (χ0n) is 12.2. The third kappa shape index (κ3) is 2.78. The van der Waals surface area contributed by atoms with Gasteiger partial charge in [-0.2, -0.15) is 0 Å². The number of nitrogens with zero attached hydrogens (tertiary/aromatic N) is 2. The van der Waals surface area contributed by atoms with E-state index in [1.807, 2.05) is 6.92 Å². The average molecular weight is 290 g/mol. The molecule has 106 valence electrons. The second-order valence-electron chi connectivity index (χ2n) is 5.34. The Kier molecular flexibility index (Phi) is 4.29. The van der Waals surface area contributed by atoms with Gasteiger partial charge in [-0.1, -0.05) is 12.1 Å². The molecule has 0 amide bonds. The topological polar surface area (TPSA) is 37.8 Å². The predicted molar refractivity (Wildman–Crippen MR) is 85.2 cm³/mol. The van der Waals surface area contributed by atoms with E-state index in [1.165, 1.54) is 28.8 Å². The Labute approximate surface area is 126 Å². The summed E-state index contributed by atoms with van der Waals surface area (Å²) in [4.78, 5) is 9.13. The molecule has 0 unspecified atom stereocenters. The molecule has 20 heavy (non-hydrogen) atoms. The highest BCUT2D eigenvalue weighted by molar-refractivity contribution is 5.85. The SMILES string of the molecule is Cc1ccc(C)c(Nc2nc(C)nc3c2CCC3)c1.Cl. The van der Waals surface area contributed by atoms with E-state index >= 15 is 0 Å². The number of halogens is 1. The molecular formula is C16H20ClN3. The van der Waals surface area contributed by atoms with E-state index in [9.17, 15) is 0 Å². The fourth-order valence-electron chi connectivity index (χ4n) is 2.66. The molecule has 3 rings (SSSR count). The van der Waals surface area contributed by atoms with Crippen molar-refractivity contribution in [2.45, 2.75) is 40.0 Å². The maximum Gasteiger partial charge on any atom is 0.137 e. The standard InChI is InChI=1S/C16H19N3.ClH/c1-10-7-8-11(2)15(9-10)19-16-13-5-4-6-14(13)17-12(3)18-16;/h7-9H,4-6H2,1-3H3,(H,17,18,19);1H. The number of hydrogen-bond donors (Lipinski definition) is 1. The van der Waals surface area contributed by atoms with E-state index in [0.29, 0.717) is 0 Å². The van der Waals surface area contributed by atoms with Gasteiger partial charge in [-0.25, -0.2) is 9.97 Å². The Hall–Kier alpha value is -1.61. The number of fused-ring (bicyclic) bond motifs is 1. The minimum absolute atomic E-state index is 0. The van der Waals surface area contributed by atoms with Crippen molar-refractivity contribution in [3.05, 3.63) is 46.4 Å². The molecule has 1 heterocycles. The van der Waals surface area contributed by atoms with E-state index in [4.69, 9.17) is 0 Å². The van der Waals surface area contributed by atoms with Crippen LogP contribution in [0.1, 0.15) is 34.6 Å². The van der Waals surface area contributed by atoms with Gasteiger partial charge in [0.05, 0.1) is 0 Å². The number of aromatic nitrogens is 2. The molecule has 0 radical (unpaired) electrons. The lowest BCUT2D eigenvalue weighted by molar-refractivity contribution is 0.895. The first-order chi connectivity index (χ1) is 9.13. The minimum atomic E-state index is 0. The molecule has 0 saturated heterocycles. The van der Waals surface area contributed by atoms with Gasteiger partial charge in [0.15, 0.2) is 0 Å². The van der Waals surface area contributed by atoms with Gasteiger partial charge in [-0.15, -0.1) is 12.4 Å². The van der Waals surface area contributed by atoms with Gasteiger partial charge in [0, 0.05) is 16.9 Å². The molecule has 1 aliphatic rings. The lowest BCUT2D eigenvalue weighted by atomic mass is 10.1. The largest absolute Gasteiger partial charge is 0.340 e. The quantitative estimate of drug-likeness (QED) is 0.906. The summed E-state index contributed by atoms with van der Waals surface area (Å²) in [6.45, 7) is 6.20. The summed E-state index contributed by atoms with van der Waals surface area (Å²) in [6, 6.07) is 6.45. The lowest BCUT2D eigenvalue weighted by Crippen LogP contribution is -2.04. The normalized spacial score (nSPS) is 12.8. The highest BCUT2D eigenvalue weighted by atomic mass is 35.5. The van der Waals surface area contributed by atoms with E-state index < -0.39 is 0 Å². The van der Waals surface area contributed by atoms with Crippen molar-refractivity contribution >= 4 is 23.9 Å². The highest BCUT2D eigenvalue weighted by Gasteiger charge is 2.18. The van der Waals surface area contributed by atoms with Crippen LogP contribution >= 0.6 is 12.4 Å². The van der Waals surface area contributed by atoms with Gasteiger partial charge in [-0.05, 0) is 57.2 Å². The van der Waals surface area contributed by atoms with Gasteiger partial charge < -0.3 is 5.32 Å². The van der Waals surface area contributed by atoms with Crippen LogP contribution in [0.3, 0.4) is 0 Å². The Morgan fingerprint density at radius 1 is 1.05 bits per heavy atom. The van der Waals surface area contributed by atoms with Crippen molar-refractivity contribution < 1.29 is 0 Å². The van der Waals surface area contributed by atoms with Crippen LogP contribution in [0.25, 0.3) is 0 Å². The predicted octanol–water partition coefficient (Wildman–Crippen LogP) is 4.06. The van der Waals surface area contributed by atoms with Crippen molar-refractivity contribution in [3.63, 3.8) is 0 Å². The van der Waals surface area contributed by atoms with Crippen LogP contribution in [0.5, 0.6) is 0 Å². The summed E-state index contributed by atoms with van der Waals surface area (Å²) in [7, 11) is 0. The van der Waals surface area contributed by atoms with E-state index in [2.05, 4.69) is 47.3 Å². The summed E-state index contributed by atoms with van der Waals surface area (Å²) in [6.07, 6.45) is 3.36. The summed E-state index contributed by atoms with van der Waals surface area (Å²) in [5.41, 5.74) is 6.17. The fourth-order valence-corrected chi connectivity index (χ4v) is 2.66. The molecule has 3 nitrogen and oxygen atoms in total. The molecule has 4 heteroatoms. The highest BCUT2D eigenvalue weighted by Crippen LogP contribution is 2.29. The number of hydrogen-bond acceptors (Lipinski definition) is 3. The zero-order valence-corrected chi connectivity index (χ0v) is 13.0. The van der Waals surface area contributed by atoms with E-state index in [1.54, 1.807) is 0 Å². The van der Waals surface area contributed by atoms with Crippen molar-refractivity contribution in [1.29, 1.82) is 0 Å². The maximum absolute atomic E-state index is 4.59. The molecule has 0 spiro atoms. The van der Waals surface area contributed by atoms with Crippen LogP contribution < -0.4 is 5.32 Å². The molecule has 0 bridgehead atoms. The van der Waals surface area contributed by atoms with Crippen molar-refractivity contribution in [2.75, 3.05) is 5.32 Å². The third-order valence-electron chi connectivity index (χ3n) is 3.69. The van der Waals surface area contributed by atoms with Crippen LogP contribution in [-0.2, 0) is 12.8 Å². The van der Waals surface area contributed by atoms with Crippen LogP contribution in [0.4, 0.5) is 11.5 Å². The Balaban J connectivity index is 0.00000147. The van der Waals surface area contributed by atoms with Gasteiger partial charge in [0.1, 0.15) is 11.6 Å². The third-order valence-corrected chi connectivity index (χ3v) is 3.69. The van der Waals surface area contributed by atoms with Gasteiger partial charge in [-0.3, -0.25) is 0 Å². The summed E-state index contributed by atoms with van der Waals surface area (Å²) in [5, 5.41) is 3.50. The van der Waals surface area contributed by atoms with E-state index in [-0.39, 0.29) is 12.4 Å². The molecule has 0 aliphatic heterocycles. The molecular weight excluding hydrogens is 270 g/mol. The molecule has 2 aromatic rings. The van der Waals surface area contributed by atoms with Crippen molar-refractivity contribution in [3.8, 4) is 0 Å². The van der Waals surface area contributed by atoms with Crippen LogP contribution in [0.15, 0.2) is 18.2 Å². The first-order valence-electron chi connectivity index (χ1n) is 6.84. The first-order valence-corrected chi connectivity index (χ1v) is 6.84. The van der Waals surface area contributed by atoms with Gasteiger partial charge in [0.25, 0.3) is 0 Å². The summed E-state index contributed by atoms with van der Waals surface area (Å²) in [5.74, 6) is 1.85. The molecule has 1 aromatic heterocycles. The smallest absolute Gasteiger partial charge is 0.137 e. The monoisotopic (exact) mass is 289 g/mol. The molecule has 0 atom stereocenters. The Morgan fingerprint density at radius 2 is 1.85 bits per heavy atom. The number of aryl methyl sites for hydroxylation is 4. The average Bonchev–Trinajstić information content (AvgIpc) is 2.82. The number of nitrogens with one attached hydrogen (secondary N) is 1. The van der Waals surface area contributed by atoms with Crippen LogP contribution in [-0.4, -0.2) is 9.97 Å². The molecule has 1 aliphatic carbocycles. The maximum atomic E-state index is 4.59. The van der Waals surface area contributed by atoms with Gasteiger partial charge in [0.2, 0.25) is 0 Å². The second-order valence-corrected chi connectivity index (χ2v) is 5.34. The van der Waals surface area contributed by atoms with Crippen molar-refractivity contribution in [1.82, 2.24) is 9.97 Å².